The van der Waals surface area contributed by atoms with E-state index in [-0.39, 0.29) is 11.3 Å². The maximum atomic E-state index is 12.6. The summed E-state index contributed by atoms with van der Waals surface area (Å²) in [6, 6.07) is 6.37. The number of phenolic OH excluding ortho intramolecular Hbond substituents is 2. The topological polar surface area (TPSA) is 153 Å². The van der Waals surface area contributed by atoms with Crippen molar-refractivity contribution in [3.8, 4) is 11.5 Å². The lowest BCUT2D eigenvalue weighted by molar-refractivity contribution is -0.135. The van der Waals surface area contributed by atoms with Crippen LogP contribution < -0.4 is 10.0 Å². The summed E-state index contributed by atoms with van der Waals surface area (Å²) in [5.41, 5.74) is -0.160. The predicted octanol–water partition coefficient (Wildman–Crippen LogP) is 1.78. The van der Waals surface area contributed by atoms with E-state index in [2.05, 4.69) is 26.0 Å². The van der Waals surface area contributed by atoms with Crippen molar-refractivity contribution in [2.45, 2.75) is 11.8 Å². The number of rotatable bonds is 6. The number of hydrogen-bond acceptors (Lipinski definition) is 6. The molecule has 2 aromatic carbocycles. The molecule has 5 N–H and O–H groups in total. The molecule has 0 aliphatic rings. The summed E-state index contributed by atoms with van der Waals surface area (Å²) in [7, 11) is -4.29. The Labute approximate surface area is 162 Å². The molecule has 0 spiro atoms. The number of carboxylic acids is 1. The maximum absolute atomic E-state index is 12.6. The van der Waals surface area contributed by atoms with Gasteiger partial charge in [-0.2, -0.15) is 0 Å². The van der Waals surface area contributed by atoms with E-state index in [0.717, 1.165) is 0 Å². The average molecular weight is 459 g/mol. The van der Waals surface area contributed by atoms with Crippen molar-refractivity contribution >= 4 is 43.5 Å². The number of benzene rings is 2. The van der Waals surface area contributed by atoms with Crippen molar-refractivity contribution in [1.29, 1.82) is 0 Å². The summed E-state index contributed by atoms with van der Waals surface area (Å²) in [5.74, 6) is -3.34. The van der Waals surface area contributed by atoms with E-state index in [1.165, 1.54) is 30.3 Å². The molecule has 144 valence electrons. The van der Waals surface area contributed by atoms with Crippen LogP contribution in [0.4, 0.5) is 5.69 Å². The van der Waals surface area contributed by atoms with Gasteiger partial charge in [0.25, 0.3) is 15.9 Å². The highest BCUT2D eigenvalue weighted by molar-refractivity contribution is 9.10. The Morgan fingerprint density at radius 1 is 1.15 bits per heavy atom. The van der Waals surface area contributed by atoms with Crippen LogP contribution in [0.3, 0.4) is 0 Å². The van der Waals surface area contributed by atoms with Gasteiger partial charge in [0.2, 0.25) is 0 Å². The number of carbonyl (C=O) groups is 2. The number of carboxylic acid groups (broad SMARTS) is 1. The molecule has 27 heavy (non-hydrogen) atoms. The third-order valence-corrected chi connectivity index (χ3v) is 5.24. The van der Waals surface area contributed by atoms with Crippen LogP contribution >= 0.6 is 15.9 Å². The molecule has 9 nitrogen and oxygen atoms in total. The largest absolute Gasteiger partial charge is 0.507 e. The summed E-state index contributed by atoms with van der Waals surface area (Å²) < 4.78 is 27.6. The zero-order valence-corrected chi connectivity index (χ0v) is 16.3. The van der Waals surface area contributed by atoms with Gasteiger partial charge in [0.05, 0.1) is 11.3 Å². The van der Waals surface area contributed by atoms with Crippen LogP contribution in [-0.2, 0) is 14.8 Å². The Morgan fingerprint density at radius 3 is 2.44 bits per heavy atom. The van der Waals surface area contributed by atoms with Crippen LogP contribution in [0.15, 0.2) is 39.7 Å². The highest BCUT2D eigenvalue weighted by atomic mass is 79.9. The fraction of sp³-hybridized carbons (Fsp3) is 0.125. The minimum atomic E-state index is -4.29. The van der Waals surface area contributed by atoms with E-state index in [4.69, 9.17) is 5.11 Å². The SMILES string of the molecule is Cc1cc(NS(=O)(=O)c2cc(Br)ccc2O)c(O)c(C(=O)NCC(=O)O)c1. The third kappa shape index (κ3) is 4.89. The Balaban J connectivity index is 2.43. The molecule has 0 saturated heterocycles. The highest BCUT2D eigenvalue weighted by Gasteiger charge is 2.23. The molecule has 0 aliphatic heterocycles. The van der Waals surface area contributed by atoms with Crippen molar-refractivity contribution in [3.05, 3.63) is 45.9 Å². The number of nitrogens with one attached hydrogen (secondary N) is 2. The number of hydrogen-bond donors (Lipinski definition) is 5. The van der Waals surface area contributed by atoms with Gasteiger partial charge in [-0.1, -0.05) is 15.9 Å². The van der Waals surface area contributed by atoms with Crippen LogP contribution in [0.2, 0.25) is 0 Å². The lowest BCUT2D eigenvalue weighted by Crippen LogP contribution is -2.29. The summed E-state index contributed by atoms with van der Waals surface area (Å²) in [5, 5.41) is 30.8. The van der Waals surface area contributed by atoms with E-state index in [9.17, 15) is 28.2 Å². The first kappa shape index (κ1) is 20.5. The second-order valence-corrected chi connectivity index (χ2v) is 8.07. The maximum Gasteiger partial charge on any atom is 0.322 e. The van der Waals surface area contributed by atoms with Crippen molar-refractivity contribution in [1.82, 2.24) is 5.32 Å². The molecule has 2 rings (SSSR count). The Hall–Kier alpha value is -2.79. The van der Waals surface area contributed by atoms with Crippen LogP contribution in [0.25, 0.3) is 0 Å². The molecule has 11 heteroatoms. The van der Waals surface area contributed by atoms with Crippen LogP contribution in [0.1, 0.15) is 15.9 Å². The second kappa shape index (κ2) is 7.84. The van der Waals surface area contributed by atoms with Crippen LogP contribution in [0, 0.1) is 6.92 Å². The van der Waals surface area contributed by atoms with Gasteiger partial charge in [0, 0.05) is 4.47 Å². The van der Waals surface area contributed by atoms with Gasteiger partial charge in [-0.3, -0.25) is 14.3 Å². The number of sulfonamides is 1. The molecule has 0 saturated carbocycles. The number of carbonyl (C=O) groups excluding carboxylic acids is 1. The molecule has 2 aromatic rings. The standard InChI is InChI=1S/C16H15BrN2O7S/c1-8-4-10(16(24)18-7-14(21)22)15(23)11(5-8)19-27(25,26)13-6-9(17)2-3-12(13)20/h2-6,19-20,23H,7H2,1H3,(H,18,24)(H,21,22). The molecule has 0 radical (unpaired) electrons. The summed E-state index contributed by atoms with van der Waals surface area (Å²) in [6.45, 7) is 0.890. The van der Waals surface area contributed by atoms with E-state index < -0.39 is 44.8 Å². The van der Waals surface area contributed by atoms with Gasteiger partial charge in [0.15, 0.2) is 5.75 Å². The first-order chi connectivity index (χ1) is 12.5. The van der Waals surface area contributed by atoms with E-state index in [1.54, 1.807) is 6.92 Å². The van der Waals surface area contributed by atoms with E-state index >= 15 is 0 Å². The number of anilines is 1. The predicted molar refractivity (Wildman–Crippen MR) is 99.4 cm³/mol. The second-order valence-electron chi connectivity index (χ2n) is 5.50. The number of halogens is 1. The van der Waals surface area contributed by atoms with Crippen LogP contribution in [-0.4, -0.2) is 42.2 Å². The summed E-state index contributed by atoms with van der Waals surface area (Å²) in [4.78, 5) is 22.2. The van der Waals surface area contributed by atoms with Crippen molar-refractivity contribution in [2.24, 2.45) is 0 Å². The quantitative estimate of drug-likeness (QED) is 0.413. The normalized spacial score (nSPS) is 11.0. The molecule has 0 bridgehead atoms. The minimum Gasteiger partial charge on any atom is -0.507 e. The third-order valence-electron chi connectivity index (χ3n) is 3.35. The number of aryl methyl sites for hydroxylation is 1. The van der Waals surface area contributed by atoms with Gasteiger partial charge in [-0.15, -0.1) is 0 Å². The minimum absolute atomic E-state index is 0.296. The number of amides is 1. The fourth-order valence-corrected chi connectivity index (χ4v) is 3.88. The molecular formula is C16H15BrN2O7S. The molecule has 0 unspecified atom stereocenters. The molecule has 0 fully saturated rings. The molecule has 0 aliphatic carbocycles. The van der Waals surface area contributed by atoms with Gasteiger partial charge < -0.3 is 20.6 Å². The molecular weight excluding hydrogens is 444 g/mol. The molecule has 0 heterocycles. The molecule has 0 atom stereocenters. The lowest BCUT2D eigenvalue weighted by Gasteiger charge is -2.14. The van der Waals surface area contributed by atoms with E-state index in [1.807, 2.05) is 0 Å². The number of phenols is 2. The monoisotopic (exact) mass is 458 g/mol. The Morgan fingerprint density at radius 2 is 1.81 bits per heavy atom. The first-order valence-electron chi connectivity index (χ1n) is 7.36. The Bertz CT molecular complexity index is 1020. The van der Waals surface area contributed by atoms with Gasteiger partial charge in [-0.25, -0.2) is 8.42 Å². The number of aromatic hydroxyl groups is 2. The van der Waals surface area contributed by atoms with E-state index in [0.29, 0.717) is 10.0 Å². The van der Waals surface area contributed by atoms with Gasteiger partial charge in [-0.05, 0) is 42.8 Å². The Kier molecular flexibility index (Phi) is 5.96. The van der Waals surface area contributed by atoms with Gasteiger partial charge >= 0.3 is 5.97 Å². The lowest BCUT2D eigenvalue weighted by atomic mass is 10.1. The fourth-order valence-electron chi connectivity index (χ4n) is 2.18. The van der Waals surface area contributed by atoms with Gasteiger partial charge in [0.1, 0.15) is 17.2 Å². The summed E-state index contributed by atoms with van der Waals surface area (Å²) in [6.07, 6.45) is 0. The van der Waals surface area contributed by atoms with Crippen LogP contribution in [0.5, 0.6) is 11.5 Å². The smallest absolute Gasteiger partial charge is 0.322 e. The van der Waals surface area contributed by atoms with Crippen molar-refractivity contribution < 1.29 is 33.3 Å². The zero-order chi connectivity index (χ0) is 20.4. The molecule has 0 aromatic heterocycles. The molecule has 1 amide bonds. The first-order valence-corrected chi connectivity index (χ1v) is 9.64. The highest BCUT2D eigenvalue weighted by Crippen LogP contribution is 2.33. The van der Waals surface area contributed by atoms with Crippen molar-refractivity contribution in [3.63, 3.8) is 0 Å². The zero-order valence-electron chi connectivity index (χ0n) is 13.9. The summed E-state index contributed by atoms with van der Waals surface area (Å²) >= 11 is 3.11. The average Bonchev–Trinajstić information content (AvgIpc) is 2.57. The number of aliphatic carboxylic acids is 1. The van der Waals surface area contributed by atoms with Crippen molar-refractivity contribution in [2.75, 3.05) is 11.3 Å².